The van der Waals surface area contributed by atoms with Gasteiger partial charge in [-0.1, -0.05) is 59.7 Å². The number of hydrogen-bond acceptors (Lipinski definition) is 1. The van der Waals surface area contributed by atoms with E-state index in [4.69, 9.17) is 0 Å². The zero-order valence-electron chi connectivity index (χ0n) is 9.85. The lowest BCUT2D eigenvalue weighted by Gasteiger charge is -2.12. The molecule has 0 radical (unpaired) electrons. The van der Waals surface area contributed by atoms with Gasteiger partial charge in [0.05, 0.1) is 0 Å². The molecule has 0 saturated carbocycles. The highest BCUT2D eigenvalue weighted by Gasteiger charge is 2.22. The van der Waals surface area contributed by atoms with Crippen LogP contribution in [0.25, 0.3) is 0 Å². The van der Waals surface area contributed by atoms with E-state index in [-0.39, 0.29) is 0 Å². The average molecular weight is 309 g/mol. The van der Waals surface area contributed by atoms with Crippen molar-refractivity contribution in [2.45, 2.75) is 13.8 Å². The second-order valence-corrected chi connectivity index (χ2v) is 9.30. The first-order chi connectivity index (χ1) is 8.00. The molecule has 0 unspecified atom stereocenters. The summed E-state index contributed by atoms with van der Waals surface area (Å²) in [6, 6.07) is 15.6. The largest absolute Gasteiger partial charge is 0.302 e. The molecule has 0 heterocycles. The molecule has 88 valence electrons. The Hall–Kier alpha value is -0.850. The van der Waals surface area contributed by atoms with Crippen molar-refractivity contribution in [3.63, 3.8) is 0 Å². The summed E-state index contributed by atoms with van der Waals surface area (Å²) in [6.07, 6.45) is 0. The first kappa shape index (κ1) is 12.6. The molecular formula is C14H14BrOP. The molecule has 2 rings (SSSR count). The Balaban J connectivity index is 2.45. The van der Waals surface area contributed by atoms with Crippen molar-refractivity contribution >= 4 is 31.9 Å². The van der Waals surface area contributed by atoms with E-state index in [1.165, 1.54) is 11.1 Å². The molecule has 0 N–H and O–H groups in total. The molecule has 0 aliphatic rings. The summed E-state index contributed by atoms with van der Waals surface area (Å²) in [7, 11) is 0. The van der Waals surface area contributed by atoms with E-state index in [0.717, 1.165) is 10.6 Å². The van der Waals surface area contributed by atoms with Crippen molar-refractivity contribution in [1.29, 1.82) is 0 Å². The van der Waals surface area contributed by atoms with E-state index in [2.05, 4.69) is 15.5 Å². The summed E-state index contributed by atoms with van der Waals surface area (Å²) in [5.74, 6) is -2.62. The number of halogens is 1. The summed E-state index contributed by atoms with van der Waals surface area (Å²) in [5.41, 5.74) is 2.34. The van der Waals surface area contributed by atoms with Gasteiger partial charge in [0.2, 0.25) is 5.84 Å². The van der Waals surface area contributed by atoms with Gasteiger partial charge in [0.25, 0.3) is 0 Å². The van der Waals surface area contributed by atoms with Gasteiger partial charge in [-0.05, 0) is 29.3 Å². The van der Waals surface area contributed by atoms with E-state index in [1.54, 1.807) is 0 Å². The summed E-state index contributed by atoms with van der Waals surface area (Å²) in [4.78, 5) is 0. The van der Waals surface area contributed by atoms with Crippen LogP contribution in [-0.4, -0.2) is 0 Å². The molecule has 0 amide bonds. The van der Waals surface area contributed by atoms with Crippen LogP contribution in [0.4, 0.5) is 0 Å². The van der Waals surface area contributed by atoms with Gasteiger partial charge < -0.3 is 4.57 Å². The SMILES string of the molecule is Cc1ccc(P(=O)(Br)c2ccc(C)cc2)cc1. The normalized spacial score (nSPS) is 11.5. The summed E-state index contributed by atoms with van der Waals surface area (Å²) < 4.78 is 12.8. The lowest BCUT2D eigenvalue weighted by Crippen LogP contribution is -2.11. The maximum absolute atomic E-state index is 12.8. The Morgan fingerprint density at radius 1 is 0.765 bits per heavy atom. The van der Waals surface area contributed by atoms with Crippen LogP contribution in [0, 0.1) is 13.8 Å². The number of benzene rings is 2. The van der Waals surface area contributed by atoms with Crippen molar-refractivity contribution in [2.75, 3.05) is 0 Å². The van der Waals surface area contributed by atoms with Crippen LogP contribution in [0.2, 0.25) is 0 Å². The predicted molar refractivity (Wildman–Crippen MR) is 78.2 cm³/mol. The maximum Gasteiger partial charge on any atom is 0.203 e. The molecule has 0 atom stereocenters. The van der Waals surface area contributed by atoms with Crippen LogP contribution in [-0.2, 0) is 4.57 Å². The van der Waals surface area contributed by atoms with Crippen LogP contribution >= 0.6 is 21.3 Å². The van der Waals surface area contributed by atoms with Crippen molar-refractivity contribution in [3.05, 3.63) is 59.7 Å². The molecule has 0 saturated heterocycles. The van der Waals surface area contributed by atoms with Gasteiger partial charge >= 0.3 is 0 Å². The molecule has 0 aliphatic carbocycles. The van der Waals surface area contributed by atoms with E-state index in [9.17, 15) is 4.57 Å². The molecule has 2 aromatic rings. The Morgan fingerprint density at radius 3 is 1.35 bits per heavy atom. The van der Waals surface area contributed by atoms with E-state index < -0.39 is 5.84 Å². The third-order valence-electron chi connectivity index (χ3n) is 2.73. The molecule has 0 fully saturated rings. The van der Waals surface area contributed by atoms with E-state index >= 15 is 0 Å². The molecule has 1 nitrogen and oxygen atoms in total. The highest BCUT2D eigenvalue weighted by atomic mass is 79.9. The number of rotatable bonds is 2. The summed E-state index contributed by atoms with van der Waals surface area (Å²) in [5, 5.41) is 1.68. The monoisotopic (exact) mass is 308 g/mol. The second kappa shape index (κ2) is 4.80. The number of aryl methyl sites for hydroxylation is 2. The quantitative estimate of drug-likeness (QED) is 0.768. The molecular weight excluding hydrogens is 295 g/mol. The van der Waals surface area contributed by atoms with Gasteiger partial charge in [-0.25, -0.2) is 0 Å². The Labute approximate surface area is 110 Å². The lowest BCUT2D eigenvalue weighted by molar-refractivity contribution is 0.596. The molecule has 0 aliphatic heterocycles. The maximum atomic E-state index is 12.8. The first-order valence-corrected chi connectivity index (χ1v) is 9.17. The minimum atomic E-state index is -2.62. The van der Waals surface area contributed by atoms with Gasteiger partial charge in [-0.3, -0.25) is 0 Å². The Morgan fingerprint density at radius 2 is 1.06 bits per heavy atom. The van der Waals surface area contributed by atoms with Gasteiger partial charge in [0.15, 0.2) is 0 Å². The van der Waals surface area contributed by atoms with Crippen LogP contribution in [0.3, 0.4) is 0 Å². The van der Waals surface area contributed by atoms with Crippen molar-refractivity contribution < 1.29 is 4.57 Å². The smallest absolute Gasteiger partial charge is 0.203 e. The van der Waals surface area contributed by atoms with Crippen LogP contribution in [0.5, 0.6) is 0 Å². The van der Waals surface area contributed by atoms with Crippen molar-refractivity contribution in [1.82, 2.24) is 0 Å². The molecule has 17 heavy (non-hydrogen) atoms. The molecule has 2 aromatic carbocycles. The Kier molecular flexibility index (Phi) is 3.56. The average Bonchev–Trinajstić information content (AvgIpc) is 2.30. The van der Waals surface area contributed by atoms with Crippen molar-refractivity contribution in [3.8, 4) is 0 Å². The summed E-state index contributed by atoms with van der Waals surface area (Å²) in [6.45, 7) is 4.05. The van der Waals surface area contributed by atoms with Gasteiger partial charge in [-0.15, -0.1) is 0 Å². The fourth-order valence-corrected chi connectivity index (χ4v) is 4.40. The third kappa shape index (κ3) is 2.70. The fourth-order valence-electron chi connectivity index (χ4n) is 1.62. The lowest BCUT2D eigenvalue weighted by atomic mass is 10.2. The third-order valence-corrected chi connectivity index (χ3v) is 7.11. The van der Waals surface area contributed by atoms with Gasteiger partial charge in [0.1, 0.15) is 0 Å². The molecule has 3 heteroatoms. The van der Waals surface area contributed by atoms with Gasteiger partial charge in [0, 0.05) is 10.6 Å². The zero-order valence-corrected chi connectivity index (χ0v) is 12.3. The first-order valence-electron chi connectivity index (χ1n) is 5.44. The van der Waals surface area contributed by atoms with Gasteiger partial charge in [-0.2, -0.15) is 0 Å². The molecule has 0 bridgehead atoms. The van der Waals surface area contributed by atoms with Crippen LogP contribution < -0.4 is 10.6 Å². The molecule has 0 spiro atoms. The van der Waals surface area contributed by atoms with E-state index in [0.29, 0.717) is 0 Å². The van der Waals surface area contributed by atoms with Crippen molar-refractivity contribution in [2.24, 2.45) is 0 Å². The minimum absolute atomic E-state index is 0.840. The minimum Gasteiger partial charge on any atom is -0.302 e. The van der Waals surface area contributed by atoms with Crippen LogP contribution in [0.1, 0.15) is 11.1 Å². The second-order valence-electron chi connectivity index (χ2n) is 4.20. The topological polar surface area (TPSA) is 17.1 Å². The zero-order chi connectivity index (χ0) is 12.5. The summed E-state index contributed by atoms with van der Waals surface area (Å²) >= 11 is 3.40. The Bertz CT molecular complexity index is 508. The molecule has 0 aromatic heterocycles. The highest BCUT2D eigenvalue weighted by molar-refractivity contribution is 9.42. The van der Waals surface area contributed by atoms with E-state index in [1.807, 2.05) is 62.4 Å². The fraction of sp³-hybridized carbons (Fsp3) is 0.143. The number of hydrogen-bond donors (Lipinski definition) is 0. The highest BCUT2D eigenvalue weighted by Crippen LogP contribution is 2.51. The predicted octanol–water partition coefficient (Wildman–Crippen LogP) is 3.93. The van der Waals surface area contributed by atoms with Crippen LogP contribution in [0.15, 0.2) is 48.5 Å². The standard InChI is InChI=1S/C14H14BrOP/c1-11-3-7-13(8-4-11)17(15,16)14-9-5-12(2)6-10-14/h3-10H,1-2H3.